The summed E-state index contributed by atoms with van der Waals surface area (Å²) in [6.07, 6.45) is 2.73. The number of likely N-dealkylation sites (tertiary alicyclic amines) is 1. The van der Waals surface area contributed by atoms with E-state index in [-0.39, 0.29) is 25.0 Å². The first-order chi connectivity index (χ1) is 14.7. The average Bonchev–Trinajstić information content (AvgIpc) is 3.10. The number of rotatable bonds is 3. The van der Waals surface area contributed by atoms with Crippen molar-refractivity contribution in [1.29, 1.82) is 0 Å². The maximum atomic E-state index is 12.4. The van der Waals surface area contributed by atoms with Gasteiger partial charge in [-0.15, -0.1) is 0 Å². The molecule has 1 aromatic carbocycles. The highest BCUT2D eigenvalue weighted by Crippen LogP contribution is 2.30. The van der Waals surface area contributed by atoms with E-state index in [1.807, 2.05) is 39.0 Å². The van der Waals surface area contributed by atoms with Crippen molar-refractivity contribution >= 4 is 34.8 Å². The molecule has 2 saturated heterocycles. The zero-order valence-corrected chi connectivity index (χ0v) is 18.1. The van der Waals surface area contributed by atoms with Gasteiger partial charge in [0.15, 0.2) is 11.4 Å². The highest BCUT2D eigenvalue weighted by molar-refractivity contribution is 6.08. The zero-order valence-electron chi connectivity index (χ0n) is 18.1. The van der Waals surface area contributed by atoms with E-state index >= 15 is 0 Å². The number of fused-ring (bicyclic) bond motifs is 1. The molecule has 0 spiro atoms. The molecule has 3 heterocycles. The number of imide groups is 1. The Hall–Kier alpha value is -3.10. The summed E-state index contributed by atoms with van der Waals surface area (Å²) in [5.41, 5.74) is 1.16. The second-order valence-corrected chi connectivity index (χ2v) is 9.23. The van der Waals surface area contributed by atoms with Gasteiger partial charge in [-0.25, -0.2) is 9.59 Å². The van der Waals surface area contributed by atoms with Crippen LogP contribution in [0.15, 0.2) is 22.7 Å². The third-order valence-electron chi connectivity index (χ3n) is 5.52. The topological polar surface area (TPSA) is 105 Å². The van der Waals surface area contributed by atoms with E-state index in [4.69, 9.17) is 9.26 Å². The van der Waals surface area contributed by atoms with Gasteiger partial charge < -0.3 is 14.2 Å². The molecule has 4 rings (SSSR count). The summed E-state index contributed by atoms with van der Waals surface area (Å²) in [5, 5.41) is 7.11. The monoisotopic (exact) mass is 428 g/mol. The van der Waals surface area contributed by atoms with Crippen LogP contribution in [0.4, 0.5) is 15.4 Å². The Bertz CT molecular complexity index is 1010. The molecular formula is C22H28N4O5. The molecule has 1 unspecified atom stereocenters. The number of benzene rings is 1. The van der Waals surface area contributed by atoms with E-state index in [0.717, 1.165) is 30.2 Å². The van der Waals surface area contributed by atoms with Gasteiger partial charge in [0.05, 0.1) is 5.39 Å². The van der Waals surface area contributed by atoms with Crippen LogP contribution in [-0.2, 0) is 16.0 Å². The van der Waals surface area contributed by atoms with Crippen LogP contribution in [0.2, 0.25) is 0 Å². The van der Waals surface area contributed by atoms with Gasteiger partial charge in [-0.2, -0.15) is 0 Å². The fourth-order valence-electron chi connectivity index (χ4n) is 4.12. The highest BCUT2D eigenvalue weighted by Gasteiger charge is 2.30. The minimum Gasteiger partial charge on any atom is -0.444 e. The molecule has 2 aliphatic heterocycles. The lowest BCUT2D eigenvalue weighted by Gasteiger charge is -2.34. The van der Waals surface area contributed by atoms with Crippen LogP contribution in [0.5, 0.6) is 0 Å². The maximum absolute atomic E-state index is 12.4. The number of ether oxygens (including phenoxy) is 1. The van der Waals surface area contributed by atoms with Crippen LogP contribution in [0.3, 0.4) is 0 Å². The molecule has 2 fully saturated rings. The molecule has 166 valence electrons. The number of amides is 4. The lowest BCUT2D eigenvalue weighted by atomic mass is 9.91. The summed E-state index contributed by atoms with van der Waals surface area (Å²) >= 11 is 0. The molecule has 0 aliphatic carbocycles. The molecule has 0 saturated carbocycles. The van der Waals surface area contributed by atoms with Crippen LogP contribution >= 0.6 is 0 Å². The molecule has 1 atom stereocenters. The second kappa shape index (κ2) is 8.20. The number of carbonyl (C=O) groups is 3. The van der Waals surface area contributed by atoms with Crippen molar-refractivity contribution in [2.45, 2.75) is 52.1 Å². The number of nitrogens with zero attached hydrogens (tertiary/aromatic N) is 3. The normalized spacial score (nSPS) is 20.2. The summed E-state index contributed by atoms with van der Waals surface area (Å²) in [6.45, 7) is 7.25. The molecule has 2 aromatic rings. The molecular weight excluding hydrogens is 400 g/mol. The molecule has 0 bridgehead atoms. The third-order valence-corrected chi connectivity index (χ3v) is 5.52. The fraction of sp³-hybridized carbons (Fsp3) is 0.545. The Kier molecular flexibility index (Phi) is 5.60. The van der Waals surface area contributed by atoms with E-state index in [9.17, 15) is 14.4 Å². The summed E-state index contributed by atoms with van der Waals surface area (Å²) < 4.78 is 10.9. The minimum atomic E-state index is -0.509. The molecule has 9 heteroatoms. The lowest BCUT2D eigenvalue weighted by molar-refractivity contribution is -0.120. The molecule has 0 radical (unpaired) electrons. The maximum Gasteiger partial charge on any atom is 0.410 e. The molecule has 9 nitrogen and oxygen atoms in total. The number of urea groups is 1. The quantitative estimate of drug-likeness (QED) is 0.803. The van der Waals surface area contributed by atoms with Crippen molar-refractivity contribution in [2.24, 2.45) is 5.92 Å². The summed E-state index contributed by atoms with van der Waals surface area (Å²) in [5.74, 6) is 0.445. The van der Waals surface area contributed by atoms with E-state index < -0.39 is 11.6 Å². The summed E-state index contributed by atoms with van der Waals surface area (Å²) in [7, 11) is 0. The van der Waals surface area contributed by atoms with Crippen LogP contribution < -0.4 is 10.2 Å². The van der Waals surface area contributed by atoms with Crippen LogP contribution in [-0.4, -0.2) is 53.3 Å². The first-order valence-corrected chi connectivity index (χ1v) is 10.7. The van der Waals surface area contributed by atoms with Gasteiger partial charge in [0, 0.05) is 26.1 Å². The van der Waals surface area contributed by atoms with Crippen LogP contribution in [0.25, 0.3) is 11.0 Å². The molecule has 1 aromatic heterocycles. The van der Waals surface area contributed by atoms with Crippen LogP contribution in [0.1, 0.15) is 45.6 Å². The fourth-order valence-corrected chi connectivity index (χ4v) is 4.12. The zero-order chi connectivity index (χ0) is 22.2. The second-order valence-electron chi connectivity index (χ2n) is 9.23. The number of carbonyl (C=O) groups excluding carboxylic acids is 3. The summed E-state index contributed by atoms with van der Waals surface area (Å²) in [6, 6.07) is 5.33. The van der Waals surface area contributed by atoms with Gasteiger partial charge in [0.1, 0.15) is 5.60 Å². The average molecular weight is 428 g/mol. The van der Waals surface area contributed by atoms with E-state index in [1.54, 1.807) is 4.90 Å². The van der Waals surface area contributed by atoms with Crippen molar-refractivity contribution < 1.29 is 23.6 Å². The summed E-state index contributed by atoms with van der Waals surface area (Å²) in [4.78, 5) is 39.3. The van der Waals surface area contributed by atoms with Crippen molar-refractivity contribution in [3.8, 4) is 0 Å². The standard InChI is InChI=1S/C22H28N4O5/c1-22(2,3)30-21(29)25-9-4-5-15(13-25)11-14-6-7-17-16(12-14)19(24-31-17)26-10-8-18(27)23-20(26)28/h6-7,12,15H,4-5,8-11,13H2,1-3H3,(H,23,27,28). The largest absolute Gasteiger partial charge is 0.444 e. The molecule has 2 aliphatic rings. The minimum absolute atomic E-state index is 0.225. The number of nitrogens with one attached hydrogen (secondary N) is 1. The van der Waals surface area contributed by atoms with Gasteiger partial charge in [0.25, 0.3) is 0 Å². The Balaban J connectivity index is 1.48. The van der Waals surface area contributed by atoms with Crippen LogP contribution in [0, 0.1) is 5.92 Å². The van der Waals surface area contributed by atoms with Gasteiger partial charge in [-0.05, 0) is 63.6 Å². The van der Waals surface area contributed by atoms with E-state index in [2.05, 4.69) is 10.5 Å². The molecule has 31 heavy (non-hydrogen) atoms. The number of piperidine rings is 1. The van der Waals surface area contributed by atoms with Crippen molar-refractivity contribution in [3.63, 3.8) is 0 Å². The Morgan fingerprint density at radius 1 is 1.29 bits per heavy atom. The first-order valence-electron chi connectivity index (χ1n) is 10.7. The van der Waals surface area contributed by atoms with Gasteiger partial charge >= 0.3 is 12.1 Å². The lowest BCUT2D eigenvalue weighted by Crippen LogP contribution is -2.49. The number of anilines is 1. The van der Waals surface area contributed by atoms with Crippen molar-refractivity contribution in [1.82, 2.24) is 15.4 Å². The highest BCUT2D eigenvalue weighted by atomic mass is 16.6. The Morgan fingerprint density at radius 2 is 2.10 bits per heavy atom. The van der Waals surface area contributed by atoms with Crippen molar-refractivity contribution in [3.05, 3.63) is 23.8 Å². The first kappa shape index (κ1) is 21.1. The van der Waals surface area contributed by atoms with Gasteiger partial charge in [-0.3, -0.25) is 15.0 Å². The predicted octanol–water partition coefficient (Wildman–Crippen LogP) is 3.46. The van der Waals surface area contributed by atoms with E-state index in [0.29, 0.717) is 30.4 Å². The van der Waals surface area contributed by atoms with Gasteiger partial charge in [0.2, 0.25) is 5.91 Å². The van der Waals surface area contributed by atoms with Crippen molar-refractivity contribution in [2.75, 3.05) is 24.5 Å². The predicted molar refractivity (Wildman–Crippen MR) is 114 cm³/mol. The number of aromatic nitrogens is 1. The third kappa shape index (κ3) is 4.81. The Labute approximate surface area is 180 Å². The Morgan fingerprint density at radius 3 is 2.84 bits per heavy atom. The van der Waals surface area contributed by atoms with Gasteiger partial charge in [-0.1, -0.05) is 11.2 Å². The molecule has 4 amide bonds. The van der Waals surface area contributed by atoms with E-state index in [1.165, 1.54) is 4.90 Å². The smallest absolute Gasteiger partial charge is 0.410 e. The SMILES string of the molecule is CC(C)(C)OC(=O)N1CCCC(Cc2ccc3onc(N4CCC(=O)NC4=O)c3c2)C1. The number of hydrogen-bond acceptors (Lipinski definition) is 6. The molecule has 1 N–H and O–H groups in total. The number of hydrogen-bond donors (Lipinski definition) is 1.